The molecule has 0 aromatic heterocycles. The molecule has 2 amide bonds. The topological polar surface area (TPSA) is 70.6 Å². The van der Waals surface area contributed by atoms with E-state index in [1.54, 1.807) is 7.11 Å². The number of urea groups is 1. The Morgan fingerprint density at radius 3 is 2.63 bits per heavy atom. The van der Waals surface area contributed by atoms with E-state index >= 15 is 0 Å². The minimum absolute atomic E-state index is 0.0238. The van der Waals surface area contributed by atoms with Gasteiger partial charge < -0.3 is 20.5 Å². The SMILES string of the molecule is COC(C)(C)CC(C)NC(=O)NC1CCCCC1O. The van der Waals surface area contributed by atoms with Gasteiger partial charge in [-0.2, -0.15) is 0 Å². The van der Waals surface area contributed by atoms with E-state index in [0.717, 1.165) is 32.1 Å². The van der Waals surface area contributed by atoms with Crippen molar-refractivity contribution in [3.8, 4) is 0 Å². The van der Waals surface area contributed by atoms with E-state index in [0.29, 0.717) is 0 Å². The van der Waals surface area contributed by atoms with Crippen LogP contribution in [0.15, 0.2) is 0 Å². The van der Waals surface area contributed by atoms with Crippen LogP contribution in [0.5, 0.6) is 0 Å². The molecule has 3 unspecified atom stereocenters. The van der Waals surface area contributed by atoms with Crippen LogP contribution in [-0.4, -0.2) is 42.0 Å². The van der Waals surface area contributed by atoms with Gasteiger partial charge >= 0.3 is 6.03 Å². The van der Waals surface area contributed by atoms with Crippen LogP contribution in [0.3, 0.4) is 0 Å². The van der Waals surface area contributed by atoms with Crippen LogP contribution in [0, 0.1) is 0 Å². The van der Waals surface area contributed by atoms with Crippen molar-refractivity contribution in [2.75, 3.05) is 7.11 Å². The quantitative estimate of drug-likeness (QED) is 0.714. The monoisotopic (exact) mass is 272 g/mol. The van der Waals surface area contributed by atoms with Crippen molar-refractivity contribution in [2.24, 2.45) is 0 Å². The summed E-state index contributed by atoms with van der Waals surface area (Å²) in [6.45, 7) is 5.94. The van der Waals surface area contributed by atoms with Gasteiger partial charge in [-0.25, -0.2) is 4.79 Å². The van der Waals surface area contributed by atoms with E-state index in [4.69, 9.17) is 4.74 Å². The van der Waals surface area contributed by atoms with Gasteiger partial charge in [0.25, 0.3) is 0 Å². The number of hydrogen-bond donors (Lipinski definition) is 3. The number of amides is 2. The first kappa shape index (κ1) is 16.2. The Hall–Kier alpha value is -0.810. The number of ether oxygens (including phenoxy) is 1. The van der Waals surface area contributed by atoms with Crippen molar-refractivity contribution in [1.82, 2.24) is 10.6 Å². The maximum atomic E-state index is 11.9. The first-order chi connectivity index (χ1) is 8.84. The summed E-state index contributed by atoms with van der Waals surface area (Å²) >= 11 is 0. The smallest absolute Gasteiger partial charge is 0.315 e. The van der Waals surface area contributed by atoms with Crippen molar-refractivity contribution in [3.05, 3.63) is 0 Å². The third kappa shape index (κ3) is 5.78. The lowest BCUT2D eigenvalue weighted by Crippen LogP contribution is -2.51. The fraction of sp³-hybridized carbons (Fsp3) is 0.929. The highest BCUT2D eigenvalue weighted by Gasteiger charge is 2.26. The zero-order valence-corrected chi connectivity index (χ0v) is 12.5. The zero-order valence-electron chi connectivity index (χ0n) is 12.5. The van der Waals surface area contributed by atoms with Gasteiger partial charge in [-0.3, -0.25) is 0 Å². The number of nitrogens with one attached hydrogen (secondary N) is 2. The van der Waals surface area contributed by atoms with E-state index in [-0.39, 0.29) is 23.7 Å². The molecule has 0 bridgehead atoms. The molecule has 1 fully saturated rings. The minimum Gasteiger partial charge on any atom is -0.391 e. The number of methoxy groups -OCH3 is 1. The first-order valence-electron chi connectivity index (χ1n) is 7.14. The van der Waals surface area contributed by atoms with Crippen LogP contribution in [0.1, 0.15) is 52.9 Å². The molecule has 1 saturated carbocycles. The summed E-state index contributed by atoms with van der Waals surface area (Å²) in [5.74, 6) is 0. The van der Waals surface area contributed by atoms with Crippen LogP contribution in [0.25, 0.3) is 0 Å². The number of aliphatic hydroxyl groups excluding tert-OH is 1. The van der Waals surface area contributed by atoms with Gasteiger partial charge in [0.1, 0.15) is 0 Å². The molecular weight excluding hydrogens is 244 g/mol. The Labute approximate surface area is 116 Å². The van der Waals surface area contributed by atoms with Crippen molar-refractivity contribution >= 4 is 6.03 Å². The predicted molar refractivity (Wildman–Crippen MR) is 75.1 cm³/mol. The van der Waals surface area contributed by atoms with Crippen molar-refractivity contribution in [1.29, 1.82) is 0 Å². The Balaban J connectivity index is 2.34. The Kier molecular flexibility index (Phi) is 6.07. The van der Waals surface area contributed by atoms with Gasteiger partial charge in [-0.1, -0.05) is 12.8 Å². The summed E-state index contributed by atoms with van der Waals surface area (Å²) in [5, 5.41) is 15.6. The maximum absolute atomic E-state index is 11.9. The van der Waals surface area contributed by atoms with E-state index < -0.39 is 6.10 Å². The Morgan fingerprint density at radius 2 is 2.05 bits per heavy atom. The molecular formula is C14H28N2O3. The molecule has 1 aliphatic carbocycles. The molecule has 3 atom stereocenters. The highest BCUT2D eigenvalue weighted by Crippen LogP contribution is 2.18. The molecule has 5 nitrogen and oxygen atoms in total. The zero-order chi connectivity index (χ0) is 14.5. The van der Waals surface area contributed by atoms with E-state index in [2.05, 4.69) is 10.6 Å². The molecule has 0 aromatic rings. The molecule has 1 rings (SSSR count). The summed E-state index contributed by atoms with van der Waals surface area (Å²) in [7, 11) is 1.67. The summed E-state index contributed by atoms with van der Waals surface area (Å²) in [6, 6.07) is -0.294. The second-order valence-electron chi connectivity index (χ2n) is 6.15. The van der Waals surface area contributed by atoms with Crippen molar-refractivity contribution < 1.29 is 14.6 Å². The molecule has 19 heavy (non-hydrogen) atoms. The molecule has 5 heteroatoms. The third-order valence-corrected chi connectivity index (χ3v) is 3.77. The second kappa shape index (κ2) is 7.10. The van der Waals surface area contributed by atoms with Crippen LogP contribution < -0.4 is 10.6 Å². The van der Waals surface area contributed by atoms with Gasteiger partial charge in [-0.05, 0) is 40.0 Å². The van der Waals surface area contributed by atoms with Crippen molar-refractivity contribution in [3.63, 3.8) is 0 Å². The third-order valence-electron chi connectivity index (χ3n) is 3.77. The predicted octanol–water partition coefficient (Wildman–Crippen LogP) is 1.79. The molecule has 0 radical (unpaired) electrons. The summed E-state index contributed by atoms with van der Waals surface area (Å²) in [6.07, 6.45) is 4.06. The average Bonchev–Trinajstić information content (AvgIpc) is 2.31. The summed E-state index contributed by atoms with van der Waals surface area (Å²) in [4.78, 5) is 11.9. The van der Waals surface area contributed by atoms with Gasteiger partial charge in [0.15, 0.2) is 0 Å². The highest BCUT2D eigenvalue weighted by atomic mass is 16.5. The fourth-order valence-corrected chi connectivity index (χ4v) is 2.59. The Morgan fingerprint density at radius 1 is 1.42 bits per heavy atom. The van der Waals surface area contributed by atoms with Gasteiger partial charge in [-0.15, -0.1) is 0 Å². The molecule has 0 aliphatic heterocycles. The number of carbonyl (C=O) groups excluding carboxylic acids is 1. The number of hydrogen-bond acceptors (Lipinski definition) is 3. The second-order valence-corrected chi connectivity index (χ2v) is 6.15. The largest absolute Gasteiger partial charge is 0.391 e. The Bertz CT molecular complexity index is 294. The average molecular weight is 272 g/mol. The molecule has 0 heterocycles. The number of carbonyl (C=O) groups is 1. The highest BCUT2D eigenvalue weighted by molar-refractivity contribution is 5.74. The van der Waals surface area contributed by atoms with Crippen LogP contribution >= 0.6 is 0 Å². The van der Waals surface area contributed by atoms with Gasteiger partial charge in [0.05, 0.1) is 17.7 Å². The number of rotatable bonds is 5. The lowest BCUT2D eigenvalue weighted by Gasteiger charge is -2.30. The summed E-state index contributed by atoms with van der Waals surface area (Å²) < 4.78 is 5.35. The lowest BCUT2D eigenvalue weighted by molar-refractivity contribution is 0.00935. The lowest BCUT2D eigenvalue weighted by atomic mass is 9.93. The van der Waals surface area contributed by atoms with Gasteiger partial charge in [0.2, 0.25) is 0 Å². The molecule has 112 valence electrons. The molecule has 0 saturated heterocycles. The standard InChI is InChI=1S/C14H28N2O3/c1-10(9-14(2,3)19-4)15-13(18)16-11-7-5-6-8-12(11)17/h10-12,17H,5-9H2,1-4H3,(H2,15,16,18). The molecule has 1 aliphatic rings. The summed E-state index contributed by atoms with van der Waals surface area (Å²) in [5.41, 5.74) is -0.253. The molecule has 0 spiro atoms. The van der Waals surface area contributed by atoms with E-state index in [1.165, 1.54) is 0 Å². The van der Waals surface area contributed by atoms with E-state index in [9.17, 15) is 9.90 Å². The number of aliphatic hydroxyl groups is 1. The fourth-order valence-electron chi connectivity index (χ4n) is 2.59. The van der Waals surface area contributed by atoms with Crippen molar-refractivity contribution in [2.45, 2.75) is 76.7 Å². The van der Waals surface area contributed by atoms with Gasteiger partial charge in [0, 0.05) is 13.2 Å². The van der Waals surface area contributed by atoms with Crippen LogP contribution in [0.2, 0.25) is 0 Å². The molecule has 0 aromatic carbocycles. The molecule has 3 N–H and O–H groups in total. The van der Waals surface area contributed by atoms with E-state index in [1.807, 2.05) is 20.8 Å². The maximum Gasteiger partial charge on any atom is 0.315 e. The van der Waals surface area contributed by atoms with Crippen LogP contribution in [-0.2, 0) is 4.74 Å². The minimum atomic E-state index is -0.412. The van der Waals surface area contributed by atoms with Crippen LogP contribution in [0.4, 0.5) is 4.79 Å². The normalized spacial score (nSPS) is 25.7. The first-order valence-corrected chi connectivity index (χ1v) is 7.14.